The number of carboxylic acids is 1. The lowest BCUT2D eigenvalue weighted by Crippen LogP contribution is -2.49. The maximum atomic E-state index is 11.0. The van der Waals surface area contributed by atoms with E-state index in [-0.39, 0.29) is 5.91 Å². The van der Waals surface area contributed by atoms with Crippen LogP contribution in [0.2, 0.25) is 0 Å². The first kappa shape index (κ1) is 14.3. The van der Waals surface area contributed by atoms with Crippen LogP contribution in [0.4, 0.5) is 0 Å². The molecule has 3 N–H and O–H groups in total. The Hall–Kier alpha value is -1.10. The predicted octanol–water partition coefficient (Wildman–Crippen LogP) is 0.990. The third-order valence-electron chi connectivity index (χ3n) is 4.75. The Kier molecular flexibility index (Phi) is 4.45. The first-order valence-electron chi connectivity index (χ1n) is 7.20. The second-order valence-electron chi connectivity index (χ2n) is 6.13. The molecule has 19 heavy (non-hydrogen) atoms. The van der Waals surface area contributed by atoms with Gasteiger partial charge in [-0.15, -0.1) is 0 Å². The van der Waals surface area contributed by atoms with Crippen LogP contribution in [0.1, 0.15) is 39.5 Å². The van der Waals surface area contributed by atoms with Crippen LogP contribution in [-0.2, 0) is 9.59 Å². The Morgan fingerprint density at radius 1 is 1.32 bits per heavy atom. The van der Waals surface area contributed by atoms with Gasteiger partial charge in [0.05, 0.1) is 0 Å². The molecule has 2 aliphatic carbocycles. The number of carboxylic acid groups (broad SMARTS) is 1. The maximum Gasteiger partial charge on any atom is 0.327 e. The first-order valence-corrected chi connectivity index (χ1v) is 7.20. The van der Waals surface area contributed by atoms with Crippen LogP contribution in [0.25, 0.3) is 0 Å². The molecule has 2 aliphatic rings. The molecule has 5 atom stereocenters. The van der Waals surface area contributed by atoms with Crippen molar-refractivity contribution in [3.63, 3.8) is 0 Å². The summed E-state index contributed by atoms with van der Waals surface area (Å²) in [7, 11) is 0. The highest BCUT2D eigenvalue weighted by Gasteiger charge is 2.41. The van der Waals surface area contributed by atoms with Gasteiger partial charge in [-0.05, 0) is 43.9 Å². The molecule has 0 aromatic heterocycles. The van der Waals surface area contributed by atoms with Crippen LogP contribution < -0.4 is 10.6 Å². The Labute approximate surface area is 114 Å². The van der Waals surface area contributed by atoms with Gasteiger partial charge in [-0.1, -0.05) is 6.42 Å². The van der Waals surface area contributed by atoms with Crippen molar-refractivity contribution in [3.8, 4) is 0 Å². The third-order valence-corrected chi connectivity index (χ3v) is 4.75. The van der Waals surface area contributed by atoms with Crippen molar-refractivity contribution in [3.05, 3.63) is 0 Å². The number of hydrogen-bond acceptors (Lipinski definition) is 3. The van der Waals surface area contributed by atoms with Crippen molar-refractivity contribution < 1.29 is 14.7 Å². The van der Waals surface area contributed by atoms with Gasteiger partial charge in [0.15, 0.2) is 0 Å². The molecule has 2 fully saturated rings. The number of nitrogens with one attached hydrogen (secondary N) is 2. The van der Waals surface area contributed by atoms with Gasteiger partial charge in [-0.25, -0.2) is 4.79 Å². The molecule has 2 bridgehead atoms. The lowest BCUT2D eigenvalue weighted by molar-refractivity contribution is -0.141. The molecule has 5 heteroatoms. The molecular weight excluding hydrogens is 244 g/mol. The van der Waals surface area contributed by atoms with E-state index in [4.69, 9.17) is 5.11 Å². The van der Waals surface area contributed by atoms with Crippen molar-refractivity contribution >= 4 is 11.9 Å². The van der Waals surface area contributed by atoms with E-state index < -0.39 is 12.0 Å². The minimum atomic E-state index is -0.983. The number of hydrogen-bond donors (Lipinski definition) is 3. The summed E-state index contributed by atoms with van der Waals surface area (Å²) < 4.78 is 0. The summed E-state index contributed by atoms with van der Waals surface area (Å²) in [6.45, 7) is 3.78. The zero-order chi connectivity index (χ0) is 14.0. The summed E-state index contributed by atoms with van der Waals surface area (Å²) in [4.78, 5) is 22.0. The summed E-state index contributed by atoms with van der Waals surface area (Å²) in [5.74, 6) is 1.09. The second-order valence-corrected chi connectivity index (χ2v) is 6.13. The van der Waals surface area contributed by atoms with Gasteiger partial charge < -0.3 is 15.7 Å². The predicted molar refractivity (Wildman–Crippen MR) is 71.6 cm³/mol. The summed E-state index contributed by atoms with van der Waals surface area (Å²) in [5, 5.41) is 14.8. The minimum Gasteiger partial charge on any atom is -0.480 e. The molecule has 2 saturated carbocycles. The van der Waals surface area contributed by atoms with Crippen molar-refractivity contribution in [1.82, 2.24) is 10.6 Å². The largest absolute Gasteiger partial charge is 0.480 e. The minimum absolute atomic E-state index is 0.296. The monoisotopic (exact) mass is 268 g/mol. The van der Waals surface area contributed by atoms with Gasteiger partial charge >= 0.3 is 5.97 Å². The fourth-order valence-corrected chi connectivity index (χ4v) is 3.81. The van der Waals surface area contributed by atoms with Crippen LogP contribution in [0.3, 0.4) is 0 Å². The summed E-state index contributed by atoms with van der Waals surface area (Å²) >= 11 is 0. The first-order chi connectivity index (χ1) is 8.97. The molecule has 0 spiro atoms. The summed E-state index contributed by atoms with van der Waals surface area (Å²) in [6, 6.07) is -0.510. The van der Waals surface area contributed by atoms with Crippen LogP contribution in [0.15, 0.2) is 0 Å². The van der Waals surface area contributed by atoms with Gasteiger partial charge in [0.25, 0.3) is 0 Å². The van der Waals surface area contributed by atoms with Gasteiger partial charge in [-0.3, -0.25) is 4.79 Å². The molecule has 0 saturated heterocycles. The highest BCUT2D eigenvalue weighted by molar-refractivity contribution is 5.82. The van der Waals surface area contributed by atoms with E-state index >= 15 is 0 Å². The molecule has 0 aromatic rings. The van der Waals surface area contributed by atoms with E-state index in [1.54, 1.807) is 0 Å². The molecule has 0 aliphatic heterocycles. The van der Waals surface area contributed by atoms with Crippen molar-refractivity contribution in [2.24, 2.45) is 17.8 Å². The molecule has 108 valence electrons. The average Bonchev–Trinajstić information content (AvgIpc) is 2.95. The van der Waals surface area contributed by atoms with E-state index in [0.29, 0.717) is 18.5 Å². The molecular formula is C14H24N2O3. The van der Waals surface area contributed by atoms with Gasteiger partial charge in [0.2, 0.25) is 5.91 Å². The Morgan fingerprint density at radius 2 is 2.05 bits per heavy atom. The van der Waals surface area contributed by atoms with Crippen LogP contribution >= 0.6 is 0 Å². The quantitative estimate of drug-likeness (QED) is 0.671. The summed E-state index contributed by atoms with van der Waals surface area (Å²) in [6.07, 6.45) is 5.33. The van der Waals surface area contributed by atoms with E-state index in [0.717, 1.165) is 11.8 Å². The van der Waals surface area contributed by atoms with E-state index in [9.17, 15) is 9.59 Å². The number of amides is 1. The number of rotatable bonds is 6. The Balaban J connectivity index is 1.80. The smallest absolute Gasteiger partial charge is 0.327 e. The fraction of sp³-hybridized carbons (Fsp3) is 0.857. The molecule has 0 heterocycles. The van der Waals surface area contributed by atoms with Gasteiger partial charge in [-0.2, -0.15) is 0 Å². The van der Waals surface area contributed by atoms with Crippen molar-refractivity contribution in [1.29, 1.82) is 0 Å². The Bertz CT molecular complexity index is 359. The second kappa shape index (κ2) is 5.90. The number of carbonyl (C=O) groups excluding carboxylic acids is 1. The van der Waals surface area contributed by atoms with E-state index in [2.05, 4.69) is 17.6 Å². The highest BCUT2D eigenvalue weighted by atomic mass is 16.4. The normalized spacial score (nSPS) is 32.0. The van der Waals surface area contributed by atoms with E-state index in [1.165, 1.54) is 32.6 Å². The van der Waals surface area contributed by atoms with Crippen LogP contribution in [0.5, 0.6) is 0 Å². The fourth-order valence-electron chi connectivity index (χ4n) is 3.81. The van der Waals surface area contributed by atoms with Crippen LogP contribution in [-0.4, -0.2) is 35.6 Å². The molecule has 5 nitrogen and oxygen atoms in total. The third kappa shape index (κ3) is 3.47. The lowest BCUT2D eigenvalue weighted by atomic mass is 9.84. The van der Waals surface area contributed by atoms with Gasteiger partial charge in [0, 0.05) is 19.5 Å². The van der Waals surface area contributed by atoms with E-state index in [1.807, 2.05) is 0 Å². The molecule has 2 rings (SSSR count). The van der Waals surface area contributed by atoms with Crippen molar-refractivity contribution in [2.75, 3.05) is 6.54 Å². The zero-order valence-electron chi connectivity index (χ0n) is 11.7. The van der Waals surface area contributed by atoms with Crippen LogP contribution in [0, 0.1) is 17.8 Å². The SMILES string of the molecule is CC(=O)NC(CNC(C)C1CC2CCC1C2)C(=O)O. The highest BCUT2D eigenvalue weighted by Crippen LogP contribution is 2.49. The molecule has 5 unspecified atom stereocenters. The standard InChI is InChI=1S/C14H24N2O3/c1-8(12-6-10-3-4-11(12)5-10)15-7-13(14(18)19)16-9(2)17/h8,10-13,15H,3-7H2,1-2H3,(H,16,17)(H,18,19). The number of aliphatic carboxylic acids is 1. The topological polar surface area (TPSA) is 78.4 Å². The summed E-state index contributed by atoms with van der Waals surface area (Å²) in [5.41, 5.74) is 0. The number of fused-ring (bicyclic) bond motifs is 2. The average molecular weight is 268 g/mol. The zero-order valence-corrected chi connectivity index (χ0v) is 11.7. The lowest BCUT2D eigenvalue weighted by Gasteiger charge is -2.29. The number of carbonyl (C=O) groups is 2. The van der Waals surface area contributed by atoms with Gasteiger partial charge in [0.1, 0.15) is 6.04 Å². The maximum absolute atomic E-state index is 11.0. The van der Waals surface area contributed by atoms with Crippen molar-refractivity contribution in [2.45, 2.75) is 51.6 Å². The molecule has 0 aromatic carbocycles. The molecule has 0 radical (unpaired) electrons. The Morgan fingerprint density at radius 3 is 2.53 bits per heavy atom. The molecule has 1 amide bonds.